The van der Waals surface area contributed by atoms with Crippen molar-refractivity contribution in [1.29, 1.82) is 0 Å². The van der Waals surface area contributed by atoms with Gasteiger partial charge in [-0.25, -0.2) is 0 Å². The lowest BCUT2D eigenvalue weighted by atomic mass is 9.89. The monoisotopic (exact) mass is 476 g/mol. The molecule has 2 aromatic carbocycles. The molecule has 1 aliphatic rings. The fraction of sp³-hybridized carbons (Fsp3) is 0.480. The number of piperidine rings is 1. The molecule has 1 saturated heterocycles. The number of hydrogen-bond acceptors (Lipinski definition) is 4. The van der Waals surface area contributed by atoms with Crippen LogP contribution in [-0.4, -0.2) is 37.8 Å². The Balaban J connectivity index is 1.32. The van der Waals surface area contributed by atoms with Gasteiger partial charge in [0.25, 0.3) is 6.01 Å². The fourth-order valence-corrected chi connectivity index (χ4v) is 4.83. The summed E-state index contributed by atoms with van der Waals surface area (Å²) in [7, 11) is 1.65. The van der Waals surface area contributed by atoms with E-state index in [1.807, 2.05) is 30.3 Å². The standard InChI is InChI=1S/C25H31Cl2N3O2/c1-16(2)23(29-25-28-22-7-5-19(31-3)14-24(22)32-25)15-30-10-8-17(9-11-30)12-18-4-6-20(26)21(27)13-18/h4-7,13-14,16-17,23H,8-12,15H2,1-3H3,(H,28,29)/p+1/t23-/m0/s1. The normalized spacial score (nSPS) is 19.9. The van der Waals surface area contributed by atoms with Gasteiger partial charge < -0.3 is 19.4 Å². The molecule has 2 N–H and O–H groups in total. The second-order valence-corrected chi connectivity index (χ2v) is 10.0. The number of rotatable bonds is 8. The highest BCUT2D eigenvalue weighted by Gasteiger charge is 2.27. The number of fused-ring (bicyclic) bond motifs is 1. The summed E-state index contributed by atoms with van der Waals surface area (Å²) in [6, 6.07) is 12.6. The highest BCUT2D eigenvalue weighted by atomic mass is 35.5. The maximum atomic E-state index is 6.19. The van der Waals surface area contributed by atoms with Crippen LogP contribution in [0.15, 0.2) is 40.8 Å². The van der Waals surface area contributed by atoms with Crippen molar-refractivity contribution < 1.29 is 14.1 Å². The molecule has 172 valence electrons. The SMILES string of the molecule is COc1ccc2nc(N[C@@H](C[NH+]3CCC(Cc4ccc(Cl)c(Cl)c4)CC3)C(C)C)oc2c1. The molecule has 4 rings (SSSR count). The van der Waals surface area contributed by atoms with E-state index in [1.54, 1.807) is 12.0 Å². The average molecular weight is 477 g/mol. The molecule has 5 nitrogen and oxygen atoms in total. The van der Waals surface area contributed by atoms with Gasteiger partial charge in [-0.05, 0) is 60.9 Å². The van der Waals surface area contributed by atoms with Crippen molar-refractivity contribution in [2.24, 2.45) is 11.8 Å². The second-order valence-electron chi connectivity index (χ2n) is 9.20. The highest BCUT2D eigenvalue weighted by Crippen LogP contribution is 2.26. The summed E-state index contributed by atoms with van der Waals surface area (Å²) < 4.78 is 11.2. The topological polar surface area (TPSA) is 51.7 Å². The van der Waals surface area contributed by atoms with Gasteiger partial charge in [0.2, 0.25) is 0 Å². The lowest BCUT2D eigenvalue weighted by Crippen LogP contribution is -3.14. The van der Waals surface area contributed by atoms with Crippen LogP contribution < -0.4 is 15.0 Å². The quantitative estimate of drug-likeness (QED) is 0.473. The summed E-state index contributed by atoms with van der Waals surface area (Å²) >= 11 is 12.2. The number of nitrogens with one attached hydrogen (secondary N) is 2. The molecule has 0 radical (unpaired) electrons. The number of benzene rings is 2. The molecular weight excluding hydrogens is 445 g/mol. The van der Waals surface area contributed by atoms with Crippen LogP contribution in [0.4, 0.5) is 6.01 Å². The Morgan fingerprint density at radius 3 is 2.59 bits per heavy atom. The first kappa shape index (κ1) is 23.2. The Kier molecular flexibility index (Phi) is 7.49. The van der Waals surface area contributed by atoms with Crippen molar-refractivity contribution in [3.05, 3.63) is 52.0 Å². The minimum atomic E-state index is 0.298. The molecule has 1 aromatic heterocycles. The van der Waals surface area contributed by atoms with Gasteiger partial charge in [-0.3, -0.25) is 0 Å². The van der Waals surface area contributed by atoms with E-state index in [0.717, 1.165) is 29.8 Å². The molecule has 1 atom stereocenters. The van der Waals surface area contributed by atoms with Crippen LogP contribution in [0.1, 0.15) is 32.3 Å². The van der Waals surface area contributed by atoms with Crippen LogP contribution in [0, 0.1) is 11.8 Å². The minimum absolute atomic E-state index is 0.298. The average Bonchev–Trinajstić information content (AvgIpc) is 3.18. The lowest BCUT2D eigenvalue weighted by molar-refractivity contribution is -0.907. The van der Waals surface area contributed by atoms with E-state index < -0.39 is 0 Å². The molecule has 32 heavy (non-hydrogen) atoms. The molecule has 3 aromatic rings. The molecule has 2 heterocycles. The van der Waals surface area contributed by atoms with Crippen molar-refractivity contribution in [2.75, 3.05) is 32.1 Å². The maximum Gasteiger partial charge on any atom is 0.296 e. The number of ether oxygens (including phenoxy) is 1. The molecule has 1 fully saturated rings. The minimum Gasteiger partial charge on any atom is -0.497 e. The fourth-order valence-electron chi connectivity index (χ4n) is 4.51. The summed E-state index contributed by atoms with van der Waals surface area (Å²) in [6.07, 6.45) is 3.52. The third kappa shape index (κ3) is 5.69. The first-order chi connectivity index (χ1) is 15.4. The van der Waals surface area contributed by atoms with Crippen molar-refractivity contribution >= 4 is 40.3 Å². The number of quaternary nitrogens is 1. The number of methoxy groups -OCH3 is 1. The van der Waals surface area contributed by atoms with Gasteiger partial charge in [0.05, 0.1) is 42.8 Å². The van der Waals surface area contributed by atoms with Crippen molar-refractivity contribution in [1.82, 2.24) is 4.98 Å². The molecule has 0 unspecified atom stereocenters. The van der Waals surface area contributed by atoms with Crippen LogP contribution >= 0.6 is 23.2 Å². The number of nitrogens with zero attached hydrogens (tertiary/aromatic N) is 1. The van der Waals surface area contributed by atoms with Gasteiger partial charge in [-0.1, -0.05) is 43.1 Å². The zero-order valence-corrected chi connectivity index (χ0v) is 20.5. The summed E-state index contributed by atoms with van der Waals surface area (Å²) in [5.74, 6) is 1.95. The molecule has 7 heteroatoms. The number of likely N-dealkylation sites (tertiary alicyclic amines) is 1. The first-order valence-corrected chi connectivity index (χ1v) is 12.2. The van der Waals surface area contributed by atoms with Crippen molar-refractivity contribution in [3.63, 3.8) is 0 Å². The molecule has 0 aliphatic carbocycles. The van der Waals surface area contributed by atoms with E-state index >= 15 is 0 Å². The summed E-state index contributed by atoms with van der Waals surface area (Å²) in [5, 5.41) is 4.82. The van der Waals surface area contributed by atoms with Crippen LogP contribution in [0.3, 0.4) is 0 Å². The smallest absolute Gasteiger partial charge is 0.296 e. The second kappa shape index (κ2) is 10.3. The Bertz CT molecular complexity index is 1040. The molecule has 1 aliphatic heterocycles. The van der Waals surface area contributed by atoms with Crippen molar-refractivity contribution in [2.45, 2.75) is 39.2 Å². The van der Waals surface area contributed by atoms with E-state index in [-0.39, 0.29) is 0 Å². The van der Waals surface area contributed by atoms with Crippen molar-refractivity contribution in [3.8, 4) is 5.75 Å². The number of aromatic nitrogens is 1. The predicted octanol–water partition coefficient (Wildman–Crippen LogP) is 5.12. The van der Waals surface area contributed by atoms with Gasteiger partial charge in [0.15, 0.2) is 5.58 Å². The maximum absolute atomic E-state index is 6.19. The van der Waals surface area contributed by atoms with Crippen LogP contribution in [0.5, 0.6) is 5.75 Å². The summed E-state index contributed by atoms with van der Waals surface area (Å²) in [6.45, 7) is 7.92. The molecule has 0 bridgehead atoms. The zero-order valence-electron chi connectivity index (χ0n) is 19.0. The Morgan fingerprint density at radius 2 is 1.91 bits per heavy atom. The molecule has 0 saturated carbocycles. The van der Waals surface area contributed by atoms with E-state index in [4.69, 9.17) is 32.4 Å². The lowest BCUT2D eigenvalue weighted by Gasteiger charge is -2.33. The largest absolute Gasteiger partial charge is 0.497 e. The van der Waals surface area contributed by atoms with Gasteiger partial charge >= 0.3 is 0 Å². The van der Waals surface area contributed by atoms with E-state index in [9.17, 15) is 0 Å². The number of oxazole rings is 1. The van der Waals surface area contributed by atoms with Gasteiger partial charge in [-0.2, -0.15) is 4.98 Å². The van der Waals surface area contributed by atoms with Gasteiger partial charge in [-0.15, -0.1) is 0 Å². The molecule has 0 spiro atoms. The third-order valence-electron chi connectivity index (χ3n) is 6.54. The Labute approximate surface area is 200 Å². The number of halogens is 2. The highest BCUT2D eigenvalue weighted by molar-refractivity contribution is 6.42. The van der Waals surface area contributed by atoms with Gasteiger partial charge in [0, 0.05) is 6.07 Å². The van der Waals surface area contributed by atoms with Crippen LogP contribution in [0.25, 0.3) is 11.1 Å². The third-order valence-corrected chi connectivity index (χ3v) is 7.28. The number of anilines is 1. The number of hydrogen-bond donors (Lipinski definition) is 2. The summed E-state index contributed by atoms with van der Waals surface area (Å²) in [5.41, 5.74) is 2.86. The van der Waals surface area contributed by atoms with E-state index in [2.05, 4.69) is 30.2 Å². The Hall–Kier alpha value is -1.95. The zero-order chi connectivity index (χ0) is 22.7. The van der Waals surface area contributed by atoms with Crippen LogP contribution in [0.2, 0.25) is 10.0 Å². The van der Waals surface area contributed by atoms with Crippen LogP contribution in [-0.2, 0) is 6.42 Å². The van der Waals surface area contributed by atoms with E-state index in [0.29, 0.717) is 33.9 Å². The van der Waals surface area contributed by atoms with E-state index in [1.165, 1.54) is 31.5 Å². The first-order valence-electron chi connectivity index (χ1n) is 11.4. The predicted molar refractivity (Wildman–Crippen MR) is 131 cm³/mol. The Morgan fingerprint density at radius 1 is 1.12 bits per heavy atom. The molecular formula is C25H32Cl2N3O2+. The summed E-state index contributed by atoms with van der Waals surface area (Å²) in [4.78, 5) is 6.25. The molecule has 0 amide bonds. The van der Waals surface area contributed by atoms with Gasteiger partial charge in [0.1, 0.15) is 11.3 Å².